The standard InChI is InChI=1S/C15H20N4OS/c1-10-6-8-13(9-7-10)19-12(3)16-17-15(19)21-11(2)14(20)18(4)5/h6-9,11H,1-5H3/t11-/m1/s1. The molecule has 1 heterocycles. The molecule has 0 N–H and O–H groups in total. The summed E-state index contributed by atoms with van der Waals surface area (Å²) in [5.41, 5.74) is 2.21. The summed E-state index contributed by atoms with van der Waals surface area (Å²) in [5.74, 6) is 0.877. The van der Waals surface area contributed by atoms with E-state index in [-0.39, 0.29) is 11.2 Å². The fraction of sp³-hybridized carbons (Fsp3) is 0.400. The number of hydrogen-bond acceptors (Lipinski definition) is 4. The van der Waals surface area contributed by atoms with Crippen LogP contribution in [0, 0.1) is 13.8 Å². The van der Waals surface area contributed by atoms with Crippen LogP contribution in [0.2, 0.25) is 0 Å². The van der Waals surface area contributed by atoms with E-state index in [0.717, 1.165) is 16.7 Å². The number of benzene rings is 1. The summed E-state index contributed by atoms with van der Waals surface area (Å²) in [6.07, 6.45) is 0. The minimum atomic E-state index is -0.201. The van der Waals surface area contributed by atoms with E-state index in [2.05, 4.69) is 29.3 Å². The molecule has 2 aromatic rings. The van der Waals surface area contributed by atoms with Gasteiger partial charge in [0.15, 0.2) is 5.16 Å². The van der Waals surface area contributed by atoms with Crippen LogP contribution in [-0.2, 0) is 4.79 Å². The number of rotatable bonds is 4. The number of nitrogens with zero attached hydrogens (tertiary/aromatic N) is 4. The molecule has 0 spiro atoms. The van der Waals surface area contributed by atoms with Crippen LogP contribution in [0.1, 0.15) is 18.3 Å². The first kappa shape index (κ1) is 15.6. The predicted octanol–water partition coefficient (Wildman–Crippen LogP) is 2.45. The van der Waals surface area contributed by atoms with Gasteiger partial charge in [0.25, 0.3) is 0 Å². The number of hydrogen-bond donors (Lipinski definition) is 0. The third kappa shape index (κ3) is 3.44. The molecule has 0 aliphatic heterocycles. The molecule has 1 aromatic carbocycles. The fourth-order valence-electron chi connectivity index (χ4n) is 1.98. The van der Waals surface area contributed by atoms with E-state index in [9.17, 15) is 4.79 Å². The van der Waals surface area contributed by atoms with E-state index in [4.69, 9.17) is 0 Å². The zero-order chi connectivity index (χ0) is 15.6. The highest BCUT2D eigenvalue weighted by Crippen LogP contribution is 2.26. The van der Waals surface area contributed by atoms with Crippen molar-refractivity contribution in [1.82, 2.24) is 19.7 Å². The van der Waals surface area contributed by atoms with Gasteiger partial charge in [0.05, 0.1) is 5.25 Å². The molecule has 6 heteroatoms. The second kappa shape index (κ2) is 6.30. The number of aryl methyl sites for hydroxylation is 2. The van der Waals surface area contributed by atoms with Crippen molar-refractivity contribution < 1.29 is 4.79 Å². The Hall–Kier alpha value is -1.82. The highest BCUT2D eigenvalue weighted by Gasteiger charge is 2.20. The average Bonchev–Trinajstić information content (AvgIpc) is 2.80. The van der Waals surface area contributed by atoms with Crippen molar-refractivity contribution in [1.29, 1.82) is 0 Å². The lowest BCUT2D eigenvalue weighted by Gasteiger charge is -2.16. The molecule has 0 aliphatic rings. The van der Waals surface area contributed by atoms with E-state index in [0.29, 0.717) is 0 Å². The van der Waals surface area contributed by atoms with E-state index in [1.165, 1.54) is 17.3 Å². The zero-order valence-electron chi connectivity index (χ0n) is 13.0. The van der Waals surface area contributed by atoms with Gasteiger partial charge in [0.1, 0.15) is 5.82 Å². The van der Waals surface area contributed by atoms with Gasteiger partial charge in [-0.3, -0.25) is 9.36 Å². The Kier molecular flexibility index (Phi) is 4.67. The maximum Gasteiger partial charge on any atom is 0.235 e. The molecule has 0 radical (unpaired) electrons. The van der Waals surface area contributed by atoms with E-state index in [1.54, 1.807) is 19.0 Å². The van der Waals surface area contributed by atoms with Crippen molar-refractivity contribution in [3.8, 4) is 5.69 Å². The minimum absolute atomic E-state index is 0.0658. The molecule has 0 saturated carbocycles. The highest BCUT2D eigenvalue weighted by atomic mass is 32.2. The molecule has 21 heavy (non-hydrogen) atoms. The molecule has 0 saturated heterocycles. The topological polar surface area (TPSA) is 51.0 Å². The van der Waals surface area contributed by atoms with E-state index >= 15 is 0 Å². The lowest BCUT2D eigenvalue weighted by Crippen LogP contribution is -2.29. The van der Waals surface area contributed by atoms with Gasteiger partial charge in [-0.15, -0.1) is 10.2 Å². The van der Waals surface area contributed by atoms with Crippen LogP contribution < -0.4 is 0 Å². The first-order valence-corrected chi connectivity index (χ1v) is 7.65. The maximum absolute atomic E-state index is 12.0. The third-order valence-corrected chi connectivity index (χ3v) is 4.19. The second-order valence-electron chi connectivity index (χ2n) is 5.19. The fourth-order valence-corrected chi connectivity index (χ4v) is 3.04. The largest absolute Gasteiger partial charge is 0.348 e. The van der Waals surface area contributed by atoms with Crippen LogP contribution in [0.25, 0.3) is 5.69 Å². The minimum Gasteiger partial charge on any atom is -0.348 e. The van der Waals surface area contributed by atoms with Gasteiger partial charge < -0.3 is 4.90 Å². The van der Waals surface area contributed by atoms with Crippen LogP contribution >= 0.6 is 11.8 Å². The number of thioether (sulfide) groups is 1. The first-order valence-electron chi connectivity index (χ1n) is 6.77. The molecule has 0 aliphatic carbocycles. The van der Waals surface area contributed by atoms with Crippen molar-refractivity contribution in [3.05, 3.63) is 35.7 Å². The molecule has 2 rings (SSSR count). The Morgan fingerprint density at radius 2 is 1.81 bits per heavy atom. The summed E-state index contributed by atoms with van der Waals surface area (Å²) >= 11 is 1.42. The molecular weight excluding hydrogens is 284 g/mol. The van der Waals surface area contributed by atoms with E-state index < -0.39 is 0 Å². The Morgan fingerprint density at radius 1 is 1.19 bits per heavy atom. The van der Waals surface area contributed by atoms with Gasteiger partial charge in [0.2, 0.25) is 5.91 Å². The second-order valence-corrected chi connectivity index (χ2v) is 6.50. The summed E-state index contributed by atoms with van der Waals surface area (Å²) in [5, 5.41) is 8.88. The van der Waals surface area contributed by atoms with Crippen molar-refractivity contribution in [3.63, 3.8) is 0 Å². The van der Waals surface area contributed by atoms with Gasteiger partial charge in [0, 0.05) is 19.8 Å². The third-order valence-electron chi connectivity index (χ3n) is 3.16. The van der Waals surface area contributed by atoms with Gasteiger partial charge in [-0.1, -0.05) is 29.5 Å². The van der Waals surface area contributed by atoms with Crippen LogP contribution in [0.3, 0.4) is 0 Å². The Balaban J connectivity index is 2.30. The molecular formula is C15H20N4OS. The van der Waals surface area contributed by atoms with Gasteiger partial charge in [-0.2, -0.15) is 0 Å². The molecule has 1 atom stereocenters. The summed E-state index contributed by atoms with van der Waals surface area (Å²) in [6, 6.07) is 8.18. The summed E-state index contributed by atoms with van der Waals surface area (Å²) in [4.78, 5) is 13.6. The van der Waals surface area contributed by atoms with Crippen LogP contribution in [0.5, 0.6) is 0 Å². The lowest BCUT2D eigenvalue weighted by atomic mass is 10.2. The normalized spacial score (nSPS) is 12.2. The Morgan fingerprint density at radius 3 is 2.38 bits per heavy atom. The van der Waals surface area contributed by atoms with Crippen molar-refractivity contribution in [2.24, 2.45) is 0 Å². The molecule has 1 amide bonds. The Labute approximate surface area is 129 Å². The van der Waals surface area contributed by atoms with Gasteiger partial charge >= 0.3 is 0 Å². The number of aromatic nitrogens is 3. The number of amides is 1. The van der Waals surface area contributed by atoms with Crippen LogP contribution in [0.15, 0.2) is 29.4 Å². The number of carbonyl (C=O) groups is 1. The summed E-state index contributed by atoms with van der Waals surface area (Å²) < 4.78 is 1.98. The van der Waals surface area contributed by atoms with Crippen molar-refractivity contribution >= 4 is 17.7 Å². The molecule has 0 unspecified atom stereocenters. The zero-order valence-corrected chi connectivity index (χ0v) is 13.8. The van der Waals surface area contributed by atoms with Crippen molar-refractivity contribution in [2.45, 2.75) is 31.2 Å². The highest BCUT2D eigenvalue weighted by molar-refractivity contribution is 8.00. The van der Waals surface area contributed by atoms with Crippen LogP contribution in [-0.4, -0.2) is 44.9 Å². The average molecular weight is 304 g/mol. The quantitative estimate of drug-likeness (QED) is 0.814. The SMILES string of the molecule is Cc1ccc(-n2c(C)nnc2S[C@H](C)C(=O)N(C)C)cc1. The van der Waals surface area contributed by atoms with Crippen molar-refractivity contribution in [2.75, 3.05) is 14.1 Å². The summed E-state index contributed by atoms with van der Waals surface area (Å²) in [7, 11) is 3.52. The predicted molar refractivity (Wildman–Crippen MR) is 84.8 cm³/mol. The van der Waals surface area contributed by atoms with Gasteiger partial charge in [-0.05, 0) is 32.9 Å². The molecule has 5 nitrogen and oxygen atoms in total. The molecule has 112 valence electrons. The number of carbonyl (C=O) groups excluding carboxylic acids is 1. The molecule has 1 aromatic heterocycles. The smallest absolute Gasteiger partial charge is 0.235 e. The lowest BCUT2D eigenvalue weighted by molar-refractivity contribution is -0.127. The summed E-state index contributed by atoms with van der Waals surface area (Å²) in [6.45, 7) is 5.85. The molecule has 0 fully saturated rings. The van der Waals surface area contributed by atoms with Gasteiger partial charge in [-0.25, -0.2) is 0 Å². The van der Waals surface area contributed by atoms with E-state index in [1.807, 2.05) is 30.5 Å². The maximum atomic E-state index is 12.0. The molecule has 0 bridgehead atoms. The van der Waals surface area contributed by atoms with Crippen LogP contribution in [0.4, 0.5) is 0 Å². The monoisotopic (exact) mass is 304 g/mol. The first-order chi connectivity index (χ1) is 9.90. The Bertz CT molecular complexity index is 634.